The lowest BCUT2D eigenvalue weighted by Gasteiger charge is -2.26. The highest BCUT2D eigenvalue weighted by molar-refractivity contribution is 6.08. The first kappa shape index (κ1) is 22.7. The van der Waals surface area contributed by atoms with Crippen LogP contribution in [0.15, 0.2) is 41.7 Å². The van der Waals surface area contributed by atoms with Crippen molar-refractivity contribution in [2.45, 2.75) is 70.8 Å². The Bertz CT molecular complexity index is 741. The monoisotopic (exact) mass is 401 g/mol. The number of carboxylic acid groups (broad SMARTS) is 1. The van der Waals surface area contributed by atoms with E-state index in [1.54, 1.807) is 4.90 Å². The zero-order chi connectivity index (χ0) is 21.2. The summed E-state index contributed by atoms with van der Waals surface area (Å²) >= 11 is 0. The molecule has 158 valence electrons. The Morgan fingerprint density at radius 2 is 1.48 bits per heavy atom. The molecule has 29 heavy (non-hydrogen) atoms. The normalized spacial score (nSPS) is 16.5. The summed E-state index contributed by atoms with van der Waals surface area (Å²) < 4.78 is 0. The minimum Gasteiger partial charge on any atom is -0.503 e. The van der Waals surface area contributed by atoms with Gasteiger partial charge in [0.15, 0.2) is 11.5 Å². The third-order valence-electron chi connectivity index (χ3n) is 5.34. The number of nitrogens with zero attached hydrogens (tertiary/aromatic N) is 1. The van der Waals surface area contributed by atoms with Gasteiger partial charge in [0, 0.05) is 13.0 Å². The van der Waals surface area contributed by atoms with E-state index < -0.39 is 23.7 Å². The van der Waals surface area contributed by atoms with Crippen molar-refractivity contribution in [2.24, 2.45) is 0 Å². The van der Waals surface area contributed by atoms with Gasteiger partial charge in [0.05, 0.1) is 11.6 Å². The number of unbranched alkanes of at least 4 members (excludes halogenated alkanes) is 7. The fraction of sp³-hybridized carbons (Fsp3) is 0.522. The molecule has 1 aromatic carbocycles. The highest BCUT2D eigenvalue weighted by Crippen LogP contribution is 2.37. The van der Waals surface area contributed by atoms with E-state index in [1.165, 1.54) is 6.92 Å². The summed E-state index contributed by atoms with van der Waals surface area (Å²) in [6.07, 6.45) is 7.99. The minimum absolute atomic E-state index is 0.183. The number of carbonyl (C=O) groups is 3. The van der Waals surface area contributed by atoms with E-state index in [9.17, 15) is 19.5 Å². The number of rotatable bonds is 13. The van der Waals surface area contributed by atoms with E-state index in [4.69, 9.17) is 5.11 Å². The number of carboxylic acids is 1. The van der Waals surface area contributed by atoms with Gasteiger partial charge in [-0.2, -0.15) is 0 Å². The van der Waals surface area contributed by atoms with Gasteiger partial charge >= 0.3 is 5.97 Å². The molecule has 1 heterocycles. The van der Waals surface area contributed by atoms with Crippen LogP contribution >= 0.6 is 0 Å². The van der Waals surface area contributed by atoms with Crippen molar-refractivity contribution >= 4 is 17.7 Å². The Labute approximate surface area is 172 Å². The maximum absolute atomic E-state index is 12.5. The van der Waals surface area contributed by atoms with Crippen LogP contribution in [0.2, 0.25) is 0 Å². The summed E-state index contributed by atoms with van der Waals surface area (Å²) in [6, 6.07) is 8.83. The molecule has 2 rings (SSSR count). The number of Topliss-reactive ketones (excluding diaryl/α,β-unsaturated/α-hetero) is 1. The van der Waals surface area contributed by atoms with Crippen LogP contribution in [0.5, 0.6) is 0 Å². The fourth-order valence-corrected chi connectivity index (χ4v) is 3.84. The Morgan fingerprint density at radius 3 is 2.03 bits per heavy atom. The van der Waals surface area contributed by atoms with Crippen LogP contribution in [0, 0.1) is 0 Å². The zero-order valence-electron chi connectivity index (χ0n) is 17.1. The van der Waals surface area contributed by atoms with Crippen molar-refractivity contribution in [1.82, 2.24) is 4.90 Å². The van der Waals surface area contributed by atoms with Crippen LogP contribution in [0.4, 0.5) is 0 Å². The standard InChI is InChI=1S/C23H31NO5/c1-17(25)20-21(18-13-9-8-10-14-18)24(23(29)22(20)28)16-12-7-5-3-2-4-6-11-15-19(26)27/h8-10,13-14,21,28H,2-7,11-12,15-16H2,1H3,(H,26,27)/t21-/m1/s1. The molecule has 0 fully saturated rings. The van der Waals surface area contributed by atoms with Crippen LogP contribution in [0.25, 0.3) is 0 Å². The Morgan fingerprint density at radius 1 is 0.931 bits per heavy atom. The second-order valence-electron chi connectivity index (χ2n) is 7.60. The van der Waals surface area contributed by atoms with Gasteiger partial charge < -0.3 is 15.1 Å². The number of aliphatic hydroxyl groups is 1. The second-order valence-corrected chi connectivity index (χ2v) is 7.60. The van der Waals surface area contributed by atoms with Gasteiger partial charge in [0.2, 0.25) is 0 Å². The van der Waals surface area contributed by atoms with Gasteiger partial charge in [-0.3, -0.25) is 14.4 Å². The van der Waals surface area contributed by atoms with Crippen LogP contribution in [-0.2, 0) is 14.4 Å². The molecule has 0 aliphatic carbocycles. The molecular formula is C23H31NO5. The first-order chi connectivity index (χ1) is 13.9. The highest BCUT2D eigenvalue weighted by Gasteiger charge is 2.41. The molecule has 1 aromatic rings. The molecule has 0 radical (unpaired) electrons. The summed E-state index contributed by atoms with van der Waals surface area (Å²) in [4.78, 5) is 36.7. The van der Waals surface area contributed by atoms with Gasteiger partial charge in [0.1, 0.15) is 0 Å². The van der Waals surface area contributed by atoms with Crippen molar-refractivity contribution in [1.29, 1.82) is 0 Å². The maximum Gasteiger partial charge on any atom is 0.303 e. The molecular weight excluding hydrogens is 370 g/mol. The first-order valence-corrected chi connectivity index (χ1v) is 10.4. The van der Waals surface area contributed by atoms with Crippen molar-refractivity contribution < 1.29 is 24.6 Å². The Kier molecular flexibility index (Phi) is 8.90. The predicted molar refractivity (Wildman–Crippen MR) is 110 cm³/mol. The van der Waals surface area contributed by atoms with Crippen molar-refractivity contribution in [2.75, 3.05) is 6.54 Å². The molecule has 0 unspecified atom stereocenters. The Hall–Kier alpha value is -2.63. The molecule has 6 nitrogen and oxygen atoms in total. The number of hydrogen-bond acceptors (Lipinski definition) is 4. The largest absolute Gasteiger partial charge is 0.503 e. The van der Waals surface area contributed by atoms with Crippen molar-refractivity contribution in [3.05, 3.63) is 47.2 Å². The van der Waals surface area contributed by atoms with Crippen molar-refractivity contribution in [3.63, 3.8) is 0 Å². The van der Waals surface area contributed by atoms with Gasteiger partial charge in [-0.15, -0.1) is 0 Å². The third-order valence-corrected chi connectivity index (χ3v) is 5.34. The minimum atomic E-state index is -0.733. The molecule has 0 bridgehead atoms. The van der Waals surface area contributed by atoms with Gasteiger partial charge in [-0.05, 0) is 25.3 Å². The van der Waals surface area contributed by atoms with E-state index in [0.29, 0.717) is 6.54 Å². The SMILES string of the molecule is CC(=O)C1=C(O)C(=O)N(CCCCCCCCCCC(=O)O)[C@@H]1c1ccccc1. The highest BCUT2D eigenvalue weighted by atomic mass is 16.4. The molecule has 6 heteroatoms. The number of ketones is 1. The lowest BCUT2D eigenvalue weighted by Crippen LogP contribution is -2.32. The predicted octanol–water partition coefficient (Wildman–Crippen LogP) is 4.57. The Balaban J connectivity index is 1.80. The van der Waals surface area contributed by atoms with Crippen LogP contribution in [0.1, 0.15) is 76.3 Å². The van der Waals surface area contributed by atoms with E-state index in [2.05, 4.69) is 0 Å². The first-order valence-electron chi connectivity index (χ1n) is 10.4. The summed E-state index contributed by atoms with van der Waals surface area (Å²) in [5.41, 5.74) is 1.01. The summed E-state index contributed by atoms with van der Waals surface area (Å²) in [5.74, 6) is -1.91. The maximum atomic E-state index is 12.5. The number of aliphatic hydroxyl groups excluding tert-OH is 1. The quantitative estimate of drug-likeness (QED) is 0.472. The van der Waals surface area contributed by atoms with Gasteiger partial charge in [0.25, 0.3) is 5.91 Å². The van der Waals surface area contributed by atoms with E-state index in [1.807, 2.05) is 30.3 Å². The average molecular weight is 402 g/mol. The number of aliphatic carboxylic acids is 1. The second kappa shape index (κ2) is 11.4. The third kappa shape index (κ3) is 6.44. The smallest absolute Gasteiger partial charge is 0.303 e. The molecule has 1 amide bonds. The van der Waals surface area contributed by atoms with E-state index >= 15 is 0 Å². The fourth-order valence-electron chi connectivity index (χ4n) is 3.84. The lowest BCUT2D eigenvalue weighted by molar-refractivity contribution is -0.137. The number of amides is 1. The summed E-state index contributed by atoms with van der Waals surface area (Å²) in [5, 5.41) is 18.8. The van der Waals surface area contributed by atoms with Crippen LogP contribution < -0.4 is 0 Å². The topological polar surface area (TPSA) is 94.9 Å². The zero-order valence-corrected chi connectivity index (χ0v) is 17.1. The van der Waals surface area contributed by atoms with E-state index in [0.717, 1.165) is 56.9 Å². The number of hydrogen-bond donors (Lipinski definition) is 2. The van der Waals surface area contributed by atoms with Crippen LogP contribution in [-0.4, -0.2) is 39.3 Å². The van der Waals surface area contributed by atoms with E-state index in [-0.39, 0.29) is 17.8 Å². The summed E-state index contributed by atoms with van der Waals surface area (Å²) in [7, 11) is 0. The van der Waals surface area contributed by atoms with Crippen LogP contribution in [0.3, 0.4) is 0 Å². The molecule has 0 aromatic heterocycles. The number of benzene rings is 1. The van der Waals surface area contributed by atoms with Gasteiger partial charge in [-0.25, -0.2) is 0 Å². The molecule has 0 saturated heterocycles. The number of carbonyl (C=O) groups excluding carboxylic acids is 2. The molecule has 1 aliphatic heterocycles. The molecule has 2 N–H and O–H groups in total. The molecule has 1 atom stereocenters. The average Bonchev–Trinajstić information content (AvgIpc) is 2.94. The molecule has 1 aliphatic rings. The van der Waals surface area contributed by atoms with Gasteiger partial charge in [-0.1, -0.05) is 68.9 Å². The molecule has 0 saturated carbocycles. The molecule has 0 spiro atoms. The van der Waals surface area contributed by atoms with Crippen molar-refractivity contribution in [3.8, 4) is 0 Å². The summed E-state index contributed by atoms with van der Waals surface area (Å²) in [6.45, 7) is 1.88. The lowest BCUT2D eigenvalue weighted by atomic mass is 9.96.